The number of aromatic amines is 1. The Kier molecular flexibility index (Phi) is 5.88. The number of para-hydroxylation sites is 1. The fourth-order valence-corrected chi connectivity index (χ4v) is 4.38. The molecule has 1 aliphatic heterocycles. The zero-order valence-corrected chi connectivity index (χ0v) is 17.8. The monoisotopic (exact) mass is 392 g/mol. The van der Waals surface area contributed by atoms with Gasteiger partial charge in [-0.25, -0.2) is 0 Å². The largest absolute Gasteiger partial charge is 0.361 e. The maximum atomic E-state index is 4.95. The van der Waals surface area contributed by atoms with Crippen LogP contribution in [0.25, 0.3) is 10.9 Å². The molecule has 2 aromatic heterocycles. The van der Waals surface area contributed by atoms with Crippen molar-refractivity contribution < 1.29 is 0 Å². The highest BCUT2D eigenvalue weighted by molar-refractivity contribution is 5.86. The van der Waals surface area contributed by atoms with Crippen LogP contribution in [0.15, 0.2) is 41.8 Å². The quantitative estimate of drug-likeness (QED) is 0.500. The van der Waals surface area contributed by atoms with Gasteiger partial charge in [0.15, 0.2) is 5.96 Å². The Morgan fingerprint density at radius 1 is 1.38 bits per heavy atom. The van der Waals surface area contributed by atoms with Crippen molar-refractivity contribution in [3.8, 4) is 0 Å². The molecule has 0 bridgehead atoms. The molecule has 1 aliphatic rings. The van der Waals surface area contributed by atoms with E-state index >= 15 is 0 Å². The van der Waals surface area contributed by atoms with Crippen molar-refractivity contribution in [1.29, 1.82) is 0 Å². The van der Waals surface area contributed by atoms with Gasteiger partial charge in [-0.1, -0.05) is 18.2 Å². The second-order valence-electron chi connectivity index (χ2n) is 8.12. The number of benzene rings is 1. The lowest BCUT2D eigenvalue weighted by molar-refractivity contribution is 0.460. The molecule has 1 fully saturated rings. The second kappa shape index (κ2) is 8.72. The molecule has 0 aliphatic carbocycles. The highest BCUT2D eigenvalue weighted by Crippen LogP contribution is 2.22. The number of rotatable bonds is 6. The minimum absolute atomic E-state index is 0.666. The first-order valence-corrected chi connectivity index (χ1v) is 10.7. The van der Waals surface area contributed by atoms with Crippen LogP contribution in [0.5, 0.6) is 0 Å². The molecule has 1 unspecified atom stereocenters. The van der Waals surface area contributed by atoms with Crippen molar-refractivity contribution in [3.63, 3.8) is 0 Å². The lowest BCUT2D eigenvalue weighted by Gasteiger charge is -2.21. The summed E-state index contributed by atoms with van der Waals surface area (Å²) in [7, 11) is 1.98. The van der Waals surface area contributed by atoms with Gasteiger partial charge in [-0.15, -0.1) is 0 Å². The Hall–Kier alpha value is -2.76. The fourth-order valence-electron chi connectivity index (χ4n) is 4.38. The topological polar surface area (TPSA) is 61.2 Å². The number of guanidine groups is 1. The van der Waals surface area contributed by atoms with E-state index in [9.17, 15) is 0 Å². The van der Waals surface area contributed by atoms with Crippen molar-refractivity contribution in [1.82, 2.24) is 25.0 Å². The SMILES string of the molecule is CCNC(=NCCc1c[nH]c2c(C)cccc12)N1CCC(Cc2cnn(C)c2)C1. The number of likely N-dealkylation sites (tertiary alicyclic amines) is 1. The number of aliphatic imine (C=N–C) groups is 1. The summed E-state index contributed by atoms with van der Waals surface area (Å²) in [6.07, 6.45) is 9.51. The summed E-state index contributed by atoms with van der Waals surface area (Å²) in [5.41, 5.74) is 5.22. The number of aromatic nitrogens is 3. The van der Waals surface area contributed by atoms with E-state index in [-0.39, 0.29) is 0 Å². The Labute approximate surface area is 173 Å². The minimum Gasteiger partial charge on any atom is -0.361 e. The standard InChI is InChI=1S/C23H32N6/c1-4-24-23(29-11-9-18(16-29)12-19-13-27-28(3)15-19)25-10-8-20-14-26-22-17(2)6-5-7-21(20)22/h5-7,13-15,18,26H,4,8-12,16H2,1-3H3,(H,24,25). The van der Waals surface area contributed by atoms with Crippen molar-refractivity contribution in [2.24, 2.45) is 18.0 Å². The van der Waals surface area contributed by atoms with Crippen LogP contribution in [0, 0.1) is 12.8 Å². The number of aryl methyl sites for hydroxylation is 2. The molecular formula is C23H32N6. The van der Waals surface area contributed by atoms with Crippen LogP contribution in [0.2, 0.25) is 0 Å². The summed E-state index contributed by atoms with van der Waals surface area (Å²) in [4.78, 5) is 10.8. The summed E-state index contributed by atoms with van der Waals surface area (Å²) in [6, 6.07) is 6.49. The van der Waals surface area contributed by atoms with E-state index < -0.39 is 0 Å². The van der Waals surface area contributed by atoms with E-state index in [1.807, 2.05) is 17.9 Å². The molecule has 6 heteroatoms. The summed E-state index contributed by atoms with van der Waals surface area (Å²) in [6.45, 7) is 8.12. The molecule has 0 spiro atoms. The maximum Gasteiger partial charge on any atom is 0.193 e. The average Bonchev–Trinajstić information content (AvgIpc) is 3.43. The molecule has 0 saturated carbocycles. The van der Waals surface area contributed by atoms with Crippen LogP contribution in [-0.4, -0.2) is 51.8 Å². The molecule has 0 amide bonds. The van der Waals surface area contributed by atoms with Gasteiger partial charge in [0.2, 0.25) is 0 Å². The van der Waals surface area contributed by atoms with E-state index in [4.69, 9.17) is 4.99 Å². The number of hydrogen-bond acceptors (Lipinski definition) is 2. The molecule has 154 valence electrons. The van der Waals surface area contributed by atoms with Crippen LogP contribution >= 0.6 is 0 Å². The van der Waals surface area contributed by atoms with Gasteiger partial charge in [-0.05, 0) is 55.7 Å². The first kappa shape index (κ1) is 19.6. The number of nitrogens with zero attached hydrogens (tertiary/aromatic N) is 4. The third kappa shape index (κ3) is 4.47. The molecule has 2 N–H and O–H groups in total. The fraction of sp³-hybridized carbons (Fsp3) is 0.478. The van der Waals surface area contributed by atoms with Gasteiger partial charge < -0.3 is 15.2 Å². The first-order valence-electron chi connectivity index (χ1n) is 10.7. The predicted molar refractivity (Wildman–Crippen MR) is 119 cm³/mol. The van der Waals surface area contributed by atoms with Gasteiger partial charge in [0.25, 0.3) is 0 Å². The smallest absolute Gasteiger partial charge is 0.193 e. The van der Waals surface area contributed by atoms with Gasteiger partial charge >= 0.3 is 0 Å². The number of fused-ring (bicyclic) bond motifs is 1. The minimum atomic E-state index is 0.666. The normalized spacial score (nSPS) is 17.4. The van der Waals surface area contributed by atoms with Gasteiger partial charge in [0.05, 0.1) is 6.20 Å². The number of nitrogens with one attached hydrogen (secondary N) is 2. The molecule has 0 radical (unpaired) electrons. The molecule has 4 rings (SSSR count). The van der Waals surface area contributed by atoms with Crippen LogP contribution in [-0.2, 0) is 19.9 Å². The molecule has 1 saturated heterocycles. The van der Waals surface area contributed by atoms with E-state index in [0.29, 0.717) is 5.92 Å². The summed E-state index contributed by atoms with van der Waals surface area (Å²) >= 11 is 0. The van der Waals surface area contributed by atoms with E-state index in [1.54, 1.807) is 0 Å². The predicted octanol–water partition coefficient (Wildman–Crippen LogP) is 3.28. The first-order chi connectivity index (χ1) is 14.1. The lowest BCUT2D eigenvalue weighted by Crippen LogP contribution is -2.40. The second-order valence-corrected chi connectivity index (χ2v) is 8.12. The Balaban J connectivity index is 1.38. The molecule has 1 atom stereocenters. The molecule has 1 aromatic carbocycles. The van der Waals surface area contributed by atoms with Crippen molar-refractivity contribution in [3.05, 3.63) is 53.5 Å². The summed E-state index contributed by atoms with van der Waals surface area (Å²) < 4.78 is 1.89. The van der Waals surface area contributed by atoms with E-state index in [2.05, 4.69) is 64.7 Å². The molecule has 3 aromatic rings. The molecule has 6 nitrogen and oxygen atoms in total. The van der Waals surface area contributed by atoms with Gasteiger partial charge in [0.1, 0.15) is 0 Å². The number of hydrogen-bond donors (Lipinski definition) is 2. The zero-order chi connectivity index (χ0) is 20.2. The van der Waals surface area contributed by atoms with E-state index in [0.717, 1.165) is 45.0 Å². The van der Waals surface area contributed by atoms with Crippen molar-refractivity contribution in [2.75, 3.05) is 26.2 Å². The molecule has 29 heavy (non-hydrogen) atoms. The van der Waals surface area contributed by atoms with Crippen LogP contribution in [0.1, 0.15) is 30.0 Å². The van der Waals surface area contributed by atoms with Crippen LogP contribution < -0.4 is 5.32 Å². The lowest BCUT2D eigenvalue weighted by atomic mass is 10.0. The highest BCUT2D eigenvalue weighted by atomic mass is 15.3. The average molecular weight is 393 g/mol. The third-order valence-electron chi connectivity index (χ3n) is 5.86. The van der Waals surface area contributed by atoms with E-state index in [1.165, 1.54) is 34.0 Å². The molecular weight excluding hydrogens is 360 g/mol. The van der Waals surface area contributed by atoms with Crippen LogP contribution in [0.4, 0.5) is 0 Å². The zero-order valence-electron chi connectivity index (χ0n) is 17.8. The van der Waals surface area contributed by atoms with Crippen molar-refractivity contribution in [2.45, 2.75) is 33.1 Å². The summed E-state index contributed by atoms with van der Waals surface area (Å²) in [5.74, 6) is 1.72. The highest BCUT2D eigenvalue weighted by Gasteiger charge is 2.25. The van der Waals surface area contributed by atoms with Gasteiger partial charge in [-0.2, -0.15) is 5.10 Å². The van der Waals surface area contributed by atoms with Gasteiger partial charge in [-0.3, -0.25) is 9.67 Å². The van der Waals surface area contributed by atoms with Crippen LogP contribution in [0.3, 0.4) is 0 Å². The Morgan fingerprint density at radius 2 is 2.28 bits per heavy atom. The van der Waals surface area contributed by atoms with Gasteiger partial charge in [0, 0.05) is 56.5 Å². The Morgan fingerprint density at radius 3 is 3.07 bits per heavy atom. The number of H-pyrrole nitrogens is 1. The maximum absolute atomic E-state index is 4.95. The Bertz CT molecular complexity index is 982. The molecule has 3 heterocycles. The third-order valence-corrected chi connectivity index (χ3v) is 5.86. The van der Waals surface area contributed by atoms with Crippen molar-refractivity contribution >= 4 is 16.9 Å². The summed E-state index contributed by atoms with van der Waals surface area (Å²) in [5, 5.41) is 9.11.